The summed E-state index contributed by atoms with van der Waals surface area (Å²) >= 11 is 1.21. The van der Waals surface area contributed by atoms with Gasteiger partial charge >= 0.3 is 6.03 Å². The van der Waals surface area contributed by atoms with Crippen LogP contribution in [0, 0.1) is 0 Å². The van der Waals surface area contributed by atoms with E-state index in [0.29, 0.717) is 46.8 Å². The minimum absolute atomic E-state index is 0.115. The maximum absolute atomic E-state index is 12.9. The van der Waals surface area contributed by atoms with E-state index in [1.807, 2.05) is 55.9 Å². The van der Waals surface area contributed by atoms with Gasteiger partial charge < -0.3 is 29.9 Å². The van der Waals surface area contributed by atoms with Gasteiger partial charge in [0.2, 0.25) is 11.0 Å². The second-order valence-electron chi connectivity index (χ2n) is 11.0. The molecule has 1 aliphatic rings. The summed E-state index contributed by atoms with van der Waals surface area (Å²) in [7, 11) is 5.37. The maximum atomic E-state index is 12.9. The molecule has 11 nitrogen and oxygen atoms in total. The van der Waals surface area contributed by atoms with E-state index < -0.39 is 0 Å². The molecule has 3 N–H and O–H groups in total. The van der Waals surface area contributed by atoms with Gasteiger partial charge in [0, 0.05) is 43.1 Å². The zero-order valence-corrected chi connectivity index (χ0v) is 27.3. The van der Waals surface area contributed by atoms with Gasteiger partial charge in [-0.2, -0.15) is 0 Å². The average Bonchev–Trinajstić information content (AvgIpc) is 3.47. The van der Waals surface area contributed by atoms with Crippen molar-refractivity contribution in [2.45, 2.75) is 45.8 Å². The summed E-state index contributed by atoms with van der Waals surface area (Å²) in [6.45, 7) is 6.02. The highest BCUT2D eigenvalue weighted by molar-refractivity contribution is 7.17. The van der Waals surface area contributed by atoms with Crippen molar-refractivity contribution in [3.63, 3.8) is 0 Å². The van der Waals surface area contributed by atoms with Crippen LogP contribution in [0.4, 0.5) is 15.6 Å². The number of nitrogens with one attached hydrogen (secondary N) is 3. The average molecular weight is 635 g/mol. The Balaban J connectivity index is 1.34. The fraction of sp³-hybridized carbons (Fsp3) is 0.394. The lowest BCUT2D eigenvalue weighted by molar-refractivity contribution is -0.131. The molecule has 1 aliphatic heterocycles. The van der Waals surface area contributed by atoms with E-state index in [1.165, 1.54) is 16.9 Å². The Morgan fingerprint density at radius 2 is 1.82 bits per heavy atom. The Bertz CT molecular complexity index is 1500. The number of thiazole rings is 1. The van der Waals surface area contributed by atoms with Gasteiger partial charge in [-0.3, -0.25) is 14.9 Å². The molecule has 0 aliphatic carbocycles. The molecule has 0 bridgehead atoms. The predicted molar refractivity (Wildman–Crippen MR) is 178 cm³/mol. The highest BCUT2D eigenvalue weighted by Crippen LogP contribution is 2.34. The lowest BCUT2D eigenvalue weighted by Gasteiger charge is -2.27. The van der Waals surface area contributed by atoms with E-state index in [0.717, 1.165) is 30.4 Å². The normalized spacial score (nSPS) is 13.0. The van der Waals surface area contributed by atoms with Gasteiger partial charge in [0.15, 0.2) is 5.13 Å². The Labute approximate surface area is 268 Å². The van der Waals surface area contributed by atoms with E-state index in [9.17, 15) is 14.4 Å². The first-order valence-electron chi connectivity index (χ1n) is 15.0. The lowest BCUT2D eigenvalue weighted by atomic mass is 9.98. The summed E-state index contributed by atoms with van der Waals surface area (Å²) in [4.78, 5) is 45.7. The van der Waals surface area contributed by atoms with Crippen LogP contribution < -0.4 is 20.7 Å². The molecule has 1 aromatic heterocycles. The molecule has 2 aromatic carbocycles. The molecule has 0 radical (unpaired) electrons. The van der Waals surface area contributed by atoms with Crippen molar-refractivity contribution >= 4 is 45.6 Å². The first kappa shape index (κ1) is 33.6. The number of ether oxygens (including phenoxy) is 2. The minimum atomic E-state index is -0.275. The van der Waals surface area contributed by atoms with Crippen LogP contribution in [0.15, 0.2) is 54.7 Å². The summed E-state index contributed by atoms with van der Waals surface area (Å²) in [6.07, 6.45) is 6.12. The summed E-state index contributed by atoms with van der Waals surface area (Å²) in [5.41, 5.74) is 4.08. The number of nitrogens with zero attached hydrogens (tertiary/aromatic N) is 3. The second-order valence-corrected chi connectivity index (χ2v) is 12.0. The molecule has 2 heterocycles. The molecule has 0 fully saturated rings. The first-order valence-corrected chi connectivity index (χ1v) is 15.9. The van der Waals surface area contributed by atoms with Crippen LogP contribution in [0.2, 0.25) is 0 Å². The van der Waals surface area contributed by atoms with Gasteiger partial charge in [0.1, 0.15) is 5.75 Å². The van der Waals surface area contributed by atoms with Crippen LogP contribution in [0.1, 0.15) is 54.6 Å². The number of urea groups is 1. The van der Waals surface area contributed by atoms with Crippen molar-refractivity contribution in [2.24, 2.45) is 0 Å². The molecule has 4 amide bonds. The zero-order chi connectivity index (χ0) is 32.3. The number of carbonyl (C=O) groups is 3. The van der Waals surface area contributed by atoms with Crippen molar-refractivity contribution in [3.8, 4) is 10.8 Å². The van der Waals surface area contributed by atoms with Crippen LogP contribution in [0.5, 0.6) is 10.8 Å². The van der Waals surface area contributed by atoms with Crippen LogP contribution in [0.3, 0.4) is 0 Å². The standard InChI is InChI=1S/C33H42N6O5S/c1-6-26(7-2)35-32(42)36-27-12-13-28(25(18-27)21-43-5)44-30-19-34-33(45-30)37-31(41)24-10-8-22(9-11-24)23-14-16-39(17-15-23)29(40)20-38(3)4/h8-14,18-19,26H,6-7,15-17,20-21H2,1-5H3,(H,34,37,41)(H2,35,36,42). The Morgan fingerprint density at radius 1 is 1.07 bits per heavy atom. The lowest BCUT2D eigenvalue weighted by Crippen LogP contribution is -2.40. The number of anilines is 2. The number of hydrogen-bond acceptors (Lipinski definition) is 8. The Morgan fingerprint density at radius 3 is 2.47 bits per heavy atom. The molecule has 12 heteroatoms. The topological polar surface area (TPSA) is 125 Å². The molecule has 45 heavy (non-hydrogen) atoms. The fourth-order valence-electron chi connectivity index (χ4n) is 4.88. The highest BCUT2D eigenvalue weighted by Gasteiger charge is 2.19. The molecule has 0 atom stereocenters. The number of amides is 4. The smallest absolute Gasteiger partial charge is 0.319 e. The van der Waals surface area contributed by atoms with Crippen molar-refractivity contribution in [1.29, 1.82) is 0 Å². The van der Waals surface area contributed by atoms with Crippen molar-refractivity contribution < 1.29 is 23.9 Å². The number of methoxy groups -OCH3 is 1. The van der Waals surface area contributed by atoms with E-state index >= 15 is 0 Å². The molecule has 3 aromatic rings. The van der Waals surface area contributed by atoms with Crippen LogP contribution in [-0.4, -0.2) is 79.5 Å². The van der Waals surface area contributed by atoms with Gasteiger partial charge in [0.25, 0.3) is 5.91 Å². The minimum Gasteiger partial charge on any atom is -0.445 e. The molecule has 0 saturated heterocycles. The summed E-state index contributed by atoms with van der Waals surface area (Å²) in [5, 5.41) is 9.56. The SMILES string of the molecule is CCC(CC)NC(=O)Nc1ccc(Oc2cnc(NC(=O)c3ccc(C4=CCN(C(=O)CN(C)C)CC4)cc3)s2)c(COC)c1. The number of likely N-dealkylation sites (N-methyl/N-ethyl adjacent to an activating group) is 1. The van der Waals surface area contributed by atoms with Crippen molar-refractivity contribution in [2.75, 3.05) is 51.5 Å². The van der Waals surface area contributed by atoms with E-state index in [2.05, 4.69) is 27.0 Å². The number of aromatic nitrogens is 1. The number of hydrogen-bond donors (Lipinski definition) is 3. The van der Waals surface area contributed by atoms with Gasteiger partial charge in [-0.25, -0.2) is 9.78 Å². The van der Waals surface area contributed by atoms with Crippen molar-refractivity contribution in [1.82, 2.24) is 20.1 Å². The third-order valence-corrected chi connectivity index (χ3v) is 8.18. The van der Waals surface area contributed by atoms with Gasteiger partial charge in [-0.15, -0.1) is 0 Å². The van der Waals surface area contributed by atoms with Gasteiger partial charge in [-0.05, 0) is 74.8 Å². The fourth-order valence-corrected chi connectivity index (χ4v) is 5.55. The summed E-state index contributed by atoms with van der Waals surface area (Å²) in [6, 6.07) is 12.6. The number of rotatable bonds is 13. The third kappa shape index (κ3) is 9.61. The monoisotopic (exact) mass is 634 g/mol. The molecule has 0 saturated carbocycles. The molecule has 240 valence electrons. The van der Waals surface area contributed by atoms with E-state index in [-0.39, 0.29) is 30.5 Å². The van der Waals surface area contributed by atoms with Gasteiger partial charge in [-0.1, -0.05) is 43.4 Å². The molecule has 4 rings (SSSR count). The Hall–Kier alpha value is -4.26. The molecular weight excluding hydrogens is 592 g/mol. The third-order valence-electron chi connectivity index (χ3n) is 7.39. The highest BCUT2D eigenvalue weighted by atomic mass is 32.1. The maximum Gasteiger partial charge on any atom is 0.319 e. The molecular formula is C33H42N6O5S. The number of carbonyl (C=O) groups excluding carboxylic acids is 3. The molecule has 0 spiro atoms. The van der Waals surface area contributed by atoms with Crippen LogP contribution in [0.25, 0.3) is 5.57 Å². The van der Waals surface area contributed by atoms with Crippen LogP contribution >= 0.6 is 11.3 Å². The predicted octanol–water partition coefficient (Wildman–Crippen LogP) is 5.82. The van der Waals surface area contributed by atoms with E-state index in [4.69, 9.17) is 9.47 Å². The van der Waals surface area contributed by atoms with Crippen molar-refractivity contribution in [3.05, 3.63) is 71.4 Å². The number of benzene rings is 2. The zero-order valence-electron chi connectivity index (χ0n) is 26.5. The summed E-state index contributed by atoms with van der Waals surface area (Å²) < 4.78 is 11.4. The summed E-state index contributed by atoms with van der Waals surface area (Å²) in [5.74, 6) is 0.405. The second kappa shape index (κ2) is 16.2. The quantitative estimate of drug-likeness (QED) is 0.216. The van der Waals surface area contributed by atoms with Crippen LogP contribution in [-0.2, 0) is 16.1 Å². The van der Waals surface area contributed by atoms with E-state index in [1.54, 1.807) is 37.6 Å². The Kier molecular flexibility index (Phi) is 12.1. The first-order chi connectivity index (χ1) is 21.7. The largest absolute Gasteiger partial charge is 0.445 e. The van der Waals surface area contributed by atoms with Gasteiger partial charge in [0.05, 0.1) is 19.3 Å². The molecule has 0 unspecified atom stereocenters.